The molecule has 1 nitrogen and oxygen atoms in total. The van der Waals surface area contributed by atoms with Gasteiger partial charge in [0.15, 0.2) is 0 Å². The van der Waals surface area contributed by atoms with Crippen LogP contribution in [0, 0.1) is 11.3 Å². The van der Waals surface area contributed by atoms with Crippen molar-refractivity contribution in [3.8, 4) is 6.07 Å². The van der Waals surface area contributed by atoms with Gasteiger partial charge in [-0.2, -0.15) is 5.26 Å². The summed E-state index contributed by atoms with van der Waals surface area (Å²) in [6, 6.07) is 13.9. The van der Waals surface area contributed by atoms with Crippen molar-refractivity contribution in [2.45, 2.75) is 6.42 Å². The van der Waals surface area contributed by atoms with Gasteiger partial charge >= 0.3 is 0 Å². The molecular formula is C12H8ClN. The van der Waals surface area contributed by atoms with E-state index in [1.54, 1.807) is 0 Å². The third-order valence-corrected chi connectivity index (χ3v) is 2.47. The van der Waals surface area contributed by atoms with E-state index in [4.69, 9.17) is 16.9 Å². The molecule has 0 amide bonds. The predicted molar refractivity (Wildman–Crippen MR) is 58.3 cm³/mol. The molecule has 2 aromatic carbocycles. The monoisotopic (exact) mass is 201 g/mol. The van der Waals surface area contributed by atoms with Crippen LogP contribution in [0.2, 0.25) is 5.02 Å². The van der Waals surface area contributed by atoms with Crippen LogP contribution in [0.1, 0.15) is 5.56 Å². The summed E-state index contributed by atoms with van der Waals surface area (Å²) in [5.41, 5.74) is 0.969. The van der Waals surface area contributed by atoms with Gasteiger partial charge < -0.3 is 0 Å². The van der Waals surface area contributed by atoms with Gasteiger partial charge in [-0.1, -0.05) is 41.9 Å². The van der Waals surface area contributed by atoms with Crippen molar-refractivity contribution in [1.82, 2.24) is 0 Å². The fourth-order valence-corrected chi connectivity index (χ4v) is 1.83. The minimum absolute atomic E-state index is 0.407. The Morgan fingerprint density at radius 2 is 2.00 bits per heavy atom. The third-order valence-electron chi connectivity index (χ3n) is 2.15. The van der Waals surface area contributed by atoms with E-state index in [0.29, 0.717) is 11.4 Å². The van der Waals surface area contributed by atoms with Crippen LogP contribution in [0.4, 0.5) is 0 Å². The van der Waals surface area contributed by atoms with Crippen molar-refractivity contribution in [3.63, 3.8) is 0 Å². The summed E-state index contributed by atoms with van der Waals surface area (Å²) in [5, 5.41) is 11.4. The molecule has 0 bridgehead atoms. The second kappa shape index (κ2) is 3.69. The maximum Gasteiger partial charge on any atom is 0.0669 e. The molecule has 0 aliphatic rings. The highest BCUT2D eigenvalue weighted by atomic mass is 35.5. The molecule has 0 atom stereocenters. The van der Waals surface area contributed by atoms with Crippen LogP contribution in [-0.2, 0) is 6.42 Å². The lowest BCUT2D eigenvalue weighted by Gasteiger charge is -2.02. The lowest BCUT2D eigenvalue weighted by atomic mass is 10.1. The fourth-order valence-electron chi connectivity index (χ4n) is 1.52. The van der Waals surface area contributed by atoms with Gasteiger partial charge in [-0.15, -0.1) is 0 Å². The van der Waals surface area contributed by atoms with E-state index in [1.807, 2.05) is 36.4 Å². The Kier molecular flexibility index (Phi) is 2.39. The van der Waals surface area contributed by atoms with Gasteiger partial charge in [0.25, 0.3) is 0 Å². The normalized spacial score (nSPS) is 10.0. The van der Waals surface area contributed by atoms with Gasteiger partial charge in [0.1, 0.15) is 0 Å². The topological polar surface area (TPSA) is 23.8 Å². The lowest BCUT2D eigenvalue weighted by Crippen LogP contribution is -1.83. The van der Waals surface area contributed by atoms with Gasteiger partial charge in [0.2, 0.25) is 0 Å². The predicted octanol–water partition coefficient (Wildman–Crippen LogP) is 3.56. The van der Waals surface area contributed by atoms with Crippen molar-refractivity contribution in [3.05, 3.63) is 47.0 Å². The number of halogens is 1. The molecule has 0 spiro atoms. The highest BCUT2D eigenvalue weighted by Gasteiger charge is 2.00. The van der Waals surface area contributed by atoms with E-state index in [1.165, 1.54) is 0 Å². The molecule has 2 aromatic rings. The molecule has 0 saturated heterocycles. The van der Waals surface area contributed by atoms with Gasteiger partial charge in [-0.25, -0.2) is 0 Å². The van der Waals surface area contributed by atoms with Crippen LogP contribution >= 0.6 is 11.6 Å². The van der Waals surface area contributed by atoms with Crippen molar-refractivity contribution < 1.29 is 0 Å². The molecule has 0 aromatic heterocycles. The number of hydrogen-bond donors (Lipinski definition) is 0. The van der Waals surface area contributed by atoms with Crippen LogP contribution in [0.3, 0.4) is 0 Å². The molecule has 0 aliphatic heterocycles. The van der Waals surface area contributed by atoms with E-state index in [-0.39, 0.29) is 0 Å². The van der Waals surface area contributed by atoms with E-state index in [9.17, 15) is 0 Å². The van der Waals surface area contributed by atoms with Gasteiger partial charge in [-0.05, 0) is 17.0 Å². The smallest absolute Gasteiger partial charge is 0.0669 e. The first-order valence-corrected chi connectivity index (χ1v) is 4.73. The van der Waals surface area contributed by atoms with Crippen LogP contribution in [0.15, 0.2) is 36.4 Å². The van der Waals surface area contributed by atoms with E-state index in [0.717, 1.165) is 16.3 Å². The first-order chi connectivity index (χ1) is 6.81. The highest BCUT2D eigenvalue weighted by Crippen LogP contribution is 2.25. The summed E-state index contributed by atoms with van der Waals surface area (Å²) in [7, 11) is 0. The van der Waals surface area contributed by atoms with Crippen molar-refractivity contribution in [2.24, 2.45) is 0 Å². The van der Waals surface area contributed by atoms with E-state index >= 15 is 0 Å². The first-order valence-electron chi connectivity index (χ1n) is 4.35. The number of rotatable bonds is 1. The summed E-state index contributed by atoms with van der Waals surface area (Å²) in [6.45, 7) is 0. The molecule has 0 heterocycles. The average molecular weight is 202 g/mol. The Labute approximate surface area is 87.5 Å². The molecule has 0 aliphatic carbocycles. The summed E-state index contributed by atoms with van der Waals surface area (Å²) in [6.07, 6.45) is 0.407. The molecule has 14 heavy (non-hydrogen) atoms. The molecule has 2 heteroatoms. The zero-order valence-corrected chi connectivity index (χ0v) is 8.25. The second-order valence-corrected chi connectivity index (χ2v) is 3.54. The molecule has 0 saturated carbocycles. The van der Waals surface area contributed by atoms with Crippen LogP contribution < -0.4 is 0 Å². The van der Waals surface area contributed by atoms with Crippen LogP contribution in [-0.4, -0.2) is 0 Å². The molecule has 0 radical (unpaired) electrons. The molecule has 0 N–H and O–H groups in total. The Morgan fingerprint density at radius 3 is 2.79 bits per heavy atom. The van der Waals surface area contributed by atoms with Gasteiger partial charge in [-0.3, -0.25) is 0 Å². The Hall–Kier alpha value is -1.52. The number of fused-ring (bicyclic) bond motifs is 1. The molecular weight excluding hydrogens is 194 g/mol. The Bertz CT molecular complexity index is 511. The fraction of sp³-hybridized carbons (Fsp3) is 0.0833. The number of nitriles is 1. The minimum Gasteiger partial charge on any atom is -0.198 e. The summed E-state index contributed by atoms with van der Waals surface area (Å²) >= 11 is 6.09. The van der Waals surface area contributed by atoms with Crippen molar-refractivity contribution >= 4 is 22.4 Å². The SMILES string of the molecule is N#CCc1cc(Cl)c2ccccc2c1. The Morgan fingerprint density at radius 1 is 1.21 bits per heavy atom. The van der Waals surface area contributed by atoms with Crippen molar-refractivity contribution in [2.75, 3.05) is 0 Å². The number of nitrogens with zero attached hydrogens (tertiary/aromatic N) is 1. The van der Waals surface area contributed by atoms with E-state index in [2.05, 4.69) is 6.07 Å². The maximum atomic E-state index is 8.59. The quantitative estimate of drug-likeness (QED) is 0.692. The van der Waals surface area contributed by atoms with Crippen molar-refractivity contribution in [1.29, 1.82) is 5.26 Å². The Balaban J connectivity index is 2.67. The summed E-state index contributed by atoms with van der Waals surface area (Å²) < 4.78 is 0. The van der Waals surface area contributed by atoms with Crippen LogP contribution in [0.5, 0.6) is 0 Å². The lowest BCUT2D eigenvalue weighted by molar-refractivity contribution is 1.27. The summed E-state index contributed by atoms with van der Waals surface area (Å²) in [4.78, 5) is 0. The number of hydrogen-bond acceptors (Lipinski definition) is 1. The molecule has 2 rings (SSSR count). The van der Waals surface area contributed by atoms with Gasteiger partial charge in [0.05, 0.1) is 12.5 Å². The maximum absolute atomic E-state index is 8.59. The highest BCUT2D eigenvalue weighted by molar-refractivity contribution is 6.35. The average Bonchev–Trinajstić information content (AvgIpc) is 2.18. The van der Waals surface area contributed by atoms with Gasteiger partial charge in [0, 0.05) is 10.4 Å². The largest absolute Gasteiger partial charge is 0.198 e. The third kappa shape index (κ3) is 1.57. The second-order valence-electron chi connectivity index (χ2n) is 3.13. The van der Waals surface area contributed by atoms with E-state index < -0.39 is 0 Å². The first kappa shape index (κ1) is 9.05. The number of benzene rings is 2. The zero-order chi connectivity index (χ0) is 9.97. The zero-order valence-electron chi connectivity index (χ0n) is 7.50. The minimum atomic E-state index is 0.407. The standard InChI is InChI=1S/C12H8ClN/c13-12-8-9(5-6-14)7-10-3-1-2-4-11(10)12/h1-4,7-8H,5H2. The molecule has 68 valence electrons. The summed E-state index contributed by atoms with van der Waals surface area (Å²) in [5.74, 6) is 0. The van der Waals surface area contributed by atoms with Crippen LogP contribution in [0.25, 0.3) is 10.8 Å². The molecule has 0 fully saturated rings. The molecule has 0 unspecified atom stereocenters.